The van der Waals surface area contributed by atoms with Crippen molar-refractivity contribution in [2.24, 2.45) is 0 Å². The van der Waals surface area contributed by atoms with Crippen LogP contribution in [0.1, 0.15) is 24.1 Å². The SMILES string of the molecule is CNC(C)c1ccc(OCc2cc(F)ccc2Cl)c(F)c1. The molecule has 1 N–H and O–H groups in total. The maximum Gasteiger partial charge on any atom is 0.165 e. The summed E-state index contributed by atoms with van der Waals surface area (Å²) in [5.74, 6) is -0.749. The molecule has 0 fully saturated rings. The van der Waals surface area contributed by atoms with Crippen LogP contribution in [0.2, 0.25) is 5.02 Å². The molecular formula is C16H16ClF2NO. The fourth-order valence-electron chi connectivity index (χ4n) is 1.88. The third-order valence-electron chi connectivity index (χ3n) is 3.28. The van der Waals surface area contributed by atoms with Crippen molar-refractivity contribution in [3.05, 3.63) is 64.2 Å². The number of benzene rings is 2. The third kappa shape index (κ3) is 3.93. The van der Waals surface area contributed by atoms with E-state index < -0.39 is 11.6 Å². The molecule has 112 valence electrons. The minimum atomic E-state index is -0.456. The second-order valence-electron chi connectivity index (χ2n) is 4.72. The smallest absolute Gasteiger partial charge is 0.165 e. The number of hydrogen-bond acceptors (Lipinski definition) is 2. The average molecular weight is 312 g/mol. The Morgan fingerprint density at radius 1 is 1.19 bits per heavy atom. The van der Waals surface area contributed by atoms with Crippen molar-refractivity contribution in [3.63, 3.8) is 0 Å². The van der Waals surface area contributed by atoms with Gasteiger partial charge in [0.1, 0.15) is 12.4 Å². The van der Waals surface area contributed by atoms with E-state index in [1.54, 1.807) is 19.2 Å². The molecule has 2 aromatic carbocycles. The van der Waals surface area contributed by atoms with E-state index in [0.29, 0.717) is 10.6 Å². The van der Waals surface area contributed by atoms with Crippen LogP contribution in [0.3, 0.4) is 0 Å². The normalized spacial score (nSPS) is 12.2. The van der Waals surface area contributed by atoms with Crippen LogP contribution in [0, 0.1) is 11.6 Å². The van der Waals surface area contributed by atoms with Crippen molar-refractivity contribution in [3.8, 4) is 5.75 Å². The molecule has 0 spiro atoms. The quantitative estimate of drug-likeness (QED) is 0.879. The molecule has 0 aliphatic heterocycles. The van der Waals surface area contributed by atoms with Crippen molar-refractivity contribution < 1.29 is 13.5 Å². The zero-order valence-corrected chi connectivity index (χ0v) is 12.5. The average Bonchev–Trinajstić information content (AvgIpc) is 2.48. The molecule has 0 aromatic heterocycles. The maximum absolute atomic E-state index is 14.0. The van der Waals surface area contributed by atoms with Gasteiger partial charge in [-0.15, -0.1) is 0 Å². The molecule has 0 bridgehead atoms. The van der Waals surface area contributed by atoms with Crippen LogP contribution < -0.4 is 10.1 Å². The minimum absolute atomic E-state index is 0.00837. The van der Waals surface area contributed by atoms with Gasteiger partial charge in [-0.2, -0.15) is 0 Å². The van der Waals surface area contributed by atoms with E-state index in [0.717, 1.165) is 5.56 Å². The van der Waals surface area contributed by atoms with Crippen LogP contribution >= 0.6 is 11.6 Å². The van der Waals surface area contributed by atoms with Gasteiger partial charge in [0.15, 0.2) is 11.6 Å². The van der Waals surface area contributed by atoms with Gasteiger partial charge in [0.05, 0.1) is 0 Å². The van der Waals surface area contributed by atoms with Crippen LogP contribution in [-0.2, 0) is 6.61 Å². The first-order valence-corrected chi connectivity index (χ1v) is 6.92. The molecule has 2 aromatic rings. The lowest BCUT2D eigenvalue weighted by molar-refractivity contribution is 0.289. The summed E-state index contributed by atoms with van der Waals surface area (Å²) in [6.45, 7) is 1.94. The molecule has 0 amide bonds. The molecule has 0 heterocycles. The van der Waals surface area contributed by atoms with E-state index in [2.05, 4.69) is 5.32 Å². The summed E-state index contributed by atoms with van der Waals surface area (Å²) >= 11 is 5.94. The lowest BCUT2D eigenvalue weighted by Crippen LogP contribution is -2.12. The second-order valence-corrected chi connectivity index (χ2v) is 5.13. The zero-order valence-electron chi connectivity index (χ0n) is 11.8. The Morgan fingerprint density at radius 2 is 1.95 bits per heavy atom. The summed E-state index contributed by atoms with van der Waals surface area (Å²) in [7, 11) is 1.80. The van der Waals surface area contributed by atoms with Gasteiger partial charge >= 0.3 is 0 Å². The molecule has 1 unspecified atom stereocenters. The van der Waals surface area contributed by atoms with Gasteiger partial charge in [-0.05, 0) is 49.9 Å². The highest BCUT2D eigenvalue weighted by atomic mass is 35.5. The van der Waals surface area contributed by atoms with Gasteiger partial charge < -0.3 is 10.1 Å². The maximum atomic E-state index is 14.0. The Morgan fingerprint density at radius 3 is 2.62 bits per heavy atom. The van der Waals surface area contributed by atoms with Gasteiger partial charge in [0.2, 0.25) is 0 Å². The molecule has 0 saturated heterocycles. The molecule has 0 aliphatic rings. The van der Waals surface area contributed by atoms with Crippen LogP contribution in [0.25, 0.3) is 0 Å². The molecule has 1 atom stereocenters. The van der Waals surface area contributed by atoms with Gasteiger partial charge in [-0.3, -0.25) is 0 Å². The van der Waals surface area contributed by atoms with Crippen molar-refractivity contribution in [1.82, 2.24) is 5.32 Å². The highest BCUT2D eigenvalue weighted by Crippen LogP contribution is 2.24. The standard InChI is InChI=1S/C16H16ClF2NO/c1-10(20-2)11-3-6-16(15(19)8-11)21-9-12-7-13(18)4-5-14(12)17/h3-8,10,20H,9H2,1-2H3. The molecule has 2 nitrogen and oxygen atoms in total. The van der Waals surface area contributed by atoms with Gasteiger partial charge in [-0.1, -0.05) is 17.7 Å². The van der Waals surface area contributed by atoms with Gasteiger partial charge in [0, 0.05) is 16.6 Å². The van der Waals surface area contributed by atoms with E-state index in [1.165, 1.54) is 24.3 Å². The second kappa shape index (κ2) is 6.87. The first-order chi connectivity index (χ1) is 10.0. The number of rotatable bonds is 5. The Balaban J connectivity index is 2.11. The highest BCUT2D eigenvalue weighted by Gasteiger charge is 2.10. The van der Waals surface area contributed by atoms with Crippen molar-refractivity contribution >= 4 is 11.6 Å². The molecule has 5 heteroatoms. The third-order valence-corrected chi connectivity index (χ3v) is 3.65. The van der Waals surface area contributed by atoms with E-state index in [1.807, 2.05) is 6.92 Å². The van der Waals surface area contributed by atoms with Crippen molar-refractivity contribution in [1.29, 1.82) is 0 Å². The topological polar surface area (TPSA) is 21.3 Å². The lowest BCUT2D eigenvalue weighted by atomic mass is 10.1. The minimum Gasteiger partial charge on any atom is -0.486 e. The monoisotopic (exact) mass is 311 g/mol. The van der Waals surface area contributed by atoms with E-state index in [4.69, 9.17) is 16.3 Å². The van der Waals surface area contributed by atoms with Crippen LogP contribution in [-0.4, -0.2) is 7.05 Å². The Labute approximate surface area is 127 Å². The van der Waals surface area contributed by atoms with Crippen LogP contribution in [0.5, 0.6) is 5.75 Å². The first-order valence-electron chi connectivity index (χ1n) is 6.54. The van der Waals surface area contributed by atoms with Crippen molar-refractivity contribution in [2.75, 3.05) is 7.05 Å². The summed E-state index contributed by atoms with van der Waals surface area (Å²) < 4.78 is 32.5. The van der Waals surface area contributed by atoms with Crippen LogP contribution in [0.4, 0.5) is 8.78 Å². The largest absolute Gasteiger partial charge is 0.486 e. The van der Waals surface area contributed by atoms with Gasteiger partial charge in [-0.25, -0.2) is 8.78 Å². The van der Waals surface area contributed by atoms with E-state index in [-0.39, 0.29) is 18.4 Å². The zero-order chi connectivity index (χ0) is 15.4. The number of hydrogen-bond donors (Lipinski definition) is 1. The summed E-state index contributed by atoms with van der Waals surface area (Å²) in [5.41, 5.74) is 1.30. The summed E-state index contributed by atoms with van der Waals surface area (Å²) in [6, 6.07) is 8.80. The fraction of sp³-hybridized carbons (Fsp3) is 0.250. The molecular weight excluding hydrogens is 296 g/mol. The van der Waals surface area contributed by atoms with E-state index in [9.17, 15) is 8.78 Å². The Kier molecular flexibility index (Phi) is 5.15. The summed E-state index contributed by atoms with van der Waals surface area (Å²) in [6.07, 6.45) is 0. The predicted octanol–water partition coefficient (Wildman–Crippen LogP) is 4.48. The molecule has 21 heavy (non-hydrogen) atoms. The molecule has 0 radical (unpaired) electrons. The summed E-state index contributed by atoms with van der Waals surface area (Å²) in [4.78, 5) is 0. The Hall–Kier alpha value is -1.65. The fourth-order valence-corrected chi connectivity index (χ4v) is 2.05. The number of halogens is 3. The highest BCUT2D eigenvalue weighted by molar-refractivity contribution is 6.31. The lowest BCUT2D eigenvalue weighted by Gasteiger charge is -2.13. The molecule has 0 aliphatic carbocycles. The van der Waals surface area contributed by atoms with Crippen molar-refractivity contribution in [2.45, 2.75) is 19.6 Å². The van der Waals surface area contributed by atoms with Gasteiger partial charge in [0.25, 0.3) is 0 Å². The molecule has 0 saturated carbocycles. The number of ether oxygens (including phenoxy) is 1. The van der Waals surface area contributed by atoms with Crippen LogP contribution in [0.15, 0.2) is 36.4 Å². The van der Waals surface area contributed by atoms with E-state index >= 15 is 0 Å². The molecule has 2 rings (SSSR count). The predicted molar refractivity (Wildman–Crippen MR) is 79.6 cm³/mol. The summed E-state index contributed by atoms with van der Waals surface area (Å²) in [5, 5.41) is 3.42. The first kappa shape index (κ1) is 15.7. The Bertz CT molecular complexity index is 634. The number of nitrogens with one attached hydrogen (secondary N) is 1.